The maximum Gasteiger partial charge on any atom is 0.285 e. The standard InChI is InChI=1S/C15H10BrN5O2S2/c1-9-2-4-10(5-3-9)25(22,23)21-14-12(17-6-7-18-14)13(20-21)15-19-11(16)8-24-15/h2-8H,1H3. The molecule has 0 aliphatic rings. The van der Waals surface area contributed by atoms with Gasteiger partial charge in [0, 0.05) is 17.8 Å². The van der Waals surface area contributed by atoms with Crippen LogP contribution in [0.3, 0.4) is 0 Å². The van der Waals surface area contributed by atoms with E-state index in [-0.39, 0.29) is 10.5 Å². The highest BCUT2D eigenvalue weighted by molar-refractivity contribution is 9.10. The third-order valence-electron chi connectivity index (χ3n) is 3.50. The molecule has 3 aromatic heterocycles. The third-order valence-corrected chi connectivity index (χ3v) is 6.64. The molecule has 126 valence electrons. The van der Waals surface area contributed by atoms with Crippen molar-refractivity contribution in [2.75, 3.05) is 0 Å². The first-order valence-electron chi connectivity index (χ1n) is 7.10. The summed E-state index contributed by atoms with van der Waals surface area (Å²) in [6.45, 7) is 1.89. The number of fused-ring (bicyclic) bond motifs is 1. The molecule has 25 heavy (non-hydrogen) atoms. The predicted molar refractivity (Wildman–Crippen MR) is 97.9 cm³/mol. The monoisotopic (exact) mass is 435 g/mol. The van der Waals surface area contributed by atoms with E-state index in [0.717, 1.165) is 9.65 Å². The highest BCUT2D eigenvalue weighted by Crippen LogP contribution is 2.31. The van der Waals surface area contributed by atoms with Gasteiger partial charge in [-0.3, -0.25) is 0 Å². The number of hydrogen-bond acceptors (Lipinski definition) is 7. The molecule has 0 fully saturated rings. The van der Waals surface area contributed by atoms with Crippen LogP contribution in [0.1, 0.15) is 5.56 Å². The number of nitrogens with zero attached hydrogens (tertiary/aromatic N) is 5. The molecular formula is C15H10BrN5O2S2. The number of aryl methyl sites for hydroxylation is 1. The Morgan fingerprint density at radius 1 is 1.12 bits per heavy atom. The van der Waals surface area contributed by atoms with Crippen LogP contribution in [0, 0.1) is 6.92 Å². The quantitative estimate of drug-likeness (QED) is 0.490. The topological polar surface area (TPSA) is 90.6 Å². The minimum absolute atomic E-state index is 0.139. The van der Waals surface area contributed by atoms with Crippen LogP contribution in [0.2, 0.25) is 0 Å². The van der Waals surface area contributed by atoms with Crippen LogP contribution in [0.4, 0.5) is 0 Å². The zero-order valence-electron chi connectivity index (χ0n) is 12.8. The fourth-order valence-corrected chi connectivity index (χ4v) is 4.77. The van der Waals surface area contributed by atoms with Crippen LogP contribution < -0.4 is 0 Å². The summed E-state index contributed by atoms with van der Waals surface area (Å²) in [5.41, 5.74) is 1.91. The van der Waals surface area contributed by atoms with Crippen molar-refractivity contribution in [1.82, 2.24) is 24.1 Å². The summed E-state index contributed by atoms with van der Waals surface area (Å²) in [6, 6.07) is 6.58. The number of aromatic nitrogens is 5. The second kappa shape index (κ2) is 5.97. The van der Waals surface area contributed by atoms with E-state index in [0.29, 0.717) is 20.8 Å². The Balaban J connectivity index is 1.98. The number of halogens is 1. The van der Waals surface area contributed by atoms with Crippen LogP contribution in [0.15, 0.2) is 51.5 Å². The van der Waals surface area contributed by atoms with Crippen molar-refractivity contribution in [2.45, 2.75) is 11.8 Å². The summed E-state index contributed by atoms with van der Waals surface area (Å²) in [6.07, 6.45) is 2.94. The zero-order valence-corrected chi connectivity index (χ0v) is 16.0. The molecule has 4 rings (SSSR count). The lowest BCUT2D eigenvalue weighted by Crippen LogP contribution is -2.15. The molecule has 0 radical (unpaired) electrons. The van der Waals surface area contributed by atoms with Crippen molar-refractivity contribution in [3.05, 3.63) is 52.2 Å². The van der Waals surface area contributed by atoms with Crippen LogP contribution in [0.5, 0.6) is 0 Å². The van der Waals surface area contributed by atoms with E-state index < -0.39 is 10.0 Å². The highest BCUT2D eigenvalue weighted by Gasteiger charge is 2.26. The van der Waals surface area contributed by atoms with Gasteiger partial charge in [0.1, 0.15) is 15.1 Å². The zero-order chi connectivity index (χ0) is 17.6. The maximum atomic E-state index is 13.0. The van der Waals surface area contributed by atoms with Gasteiger partial charge >= 0.3 is 0 Å². The molecule has 4 aromatic rings. The Morgan fingerprint density at radius 3 is 2.52 bits per heavy atom. The molecule has 0 unspecified atom stereocenters. The molecular weight excluding hydrogens is 426 g/mol. The molecule has 10 heteroatoms. The Hall–Kier alpha value is -2.17. The van der Waals surface area contributed by atoms with E-state index in [9.17, 15) is 8.42 Å². The van der Waals surface area contributed by atoms with Crippen molar-refractivity contribution >= 4 is 48.5 Å². The maximum absolute atomic E-state index is 13.0. The minimum Gasteiger partial charge on any atom is -0.249 e. The Morgan fingerprint density at radius 2 is 1.84 bits per heavy atom. The minimum atomic E-state index is -3.89. The summed E-state index contributed by atoms with van der Waals surface area (Å²) >= 11 is 4.64. The first kappa shape index (κ1) is 16.3. The van der Waals surface area contributed by atoms with Gasteiger partial charge in [0.25, 0.3) is 10.0 Å². The molecule has 0 aliphatic heterocycles. The van der Waals surface area contributed by atoms with Crippen LogP contribution in [-0.2, 0) is 10.0 Å². The fourth-order valence-electron chi connectivity index (χ4n) is 2.31. The molecule has 1 aromatic carbocycles. The number of benzene rings is 1. The summed E-state index contributed by atoms with van der Waals surface area (Å²) in [5.74, 6) is 0. The lowest BCUT2D eigenvalue weighted by atomic mass is 10.2. The first-order chi connectivity index (χ1) is 12.0. The van der Waals surface area contributed by atoms with Gasteiger partial charge in [-0.05, 0) is 35.0 Å². The van der Waals surface area contributed by atoms with E-state index in [4.69, 9.17) is 0 Å². The number of hydrogen-bond donors (Lipinski definition) is 0. The van der Waals surface area contributed by atoms with Gasteiger partial charge in [-0.15, -0.1) is 15.4 Å². The van der Waals surface area contributed by atoms with Crippen molar-refractivity contribution in [3.63, 3.8) is 0 Å². The molecule has 0 atom stereocenters. The molecule has 0 bridgehead atoms. The molecule has 0 amide bonds. The van der Waals surface area contributed by atoms with E-state index in [1.165, 1.54) is 23.7 Å². The smallest absolute Gasteiger partial charge is 0.249 e. The average Bonchev–Trinajstić information content (AvgIpc) is 3.19. The van der Waals surface area contributed by atoms with Crippen molar-refractivity contribution < 1.29 is 8.42 Å². The predicted octanol–water partition coefficient (Wildman–Crippen LogP) is 3.26. The third kappa shape index (κ3) is 2.75. The van der Waals surface area contributed by atoms with Crippen molar-refractivity contribution in [1.29, 1.82) is 0 Å². The van der Waals surface area contributed by atoms with Crippen LogP contribution in [0.25, 0.3) is 21.9 Å². The molecule has 0 saturated heterocycles. The molecule has 0 N–H and O–H groups in total. The van der Waals surface area contributed by atoms with Crippen LogP contribution >= 0.6 is 27.3 Å². The van der Waals surface area contributed by atoms with Crippen molar-refractivity contribution in [3.8, 4) is 10.7 Å². The Bertz CT molecular complexity index is 1180. The molecule has 0 saturated carbocycles. The lowest BCUT2D eigenvalue weighted by Gasteiger charge is -2.05. The average molecular weight is 436 g/mol. The van der Waals surface area contributed by atoms with Gasteiger partial charge in [-0.25, -0.2) is 15.0 Å². The highest BCUT2D eigenvalue weighted by atomic mass is 79.9. The van der Waals surface area contributed by atoms with Gasteiger partial charge in [0.05, 0.1) is 4.90 Å². The molecule has 7 nitrogen and oxygen atoms in total. The van der Waals surface area contributed by atoms with E-state index in [2.05, 4.69) is 36.0 Å². The second-order valence-corrected chi connectivity index (χ2v) is 8.65. The van der Waals surface area contributed by atoms with E-state index >= 15 is 0 Å². The summed E-state index contributed by atoms with van der Waals surface area (Å²) in [4.78, 5) is 12.9. The van der Waals surface area contributed by atoms with Gasteiger partial charge in [0.2, 0.25) is 0 Å². The lowest BCUT2D eigenvalue weighted by molar-refractivity contribution is 0.582. The van der Waals surface area contributed by atoms with Gasteiger partial charge in [0.15, 0.2) is 11.3 Å². The normalized spacial score (nSPS) is 11.9. The SMILES string of the molecule is Cc1ccc(S(=O)(=O)n2nc(-c3nc(Br)cs3)c3nccnc32)cc1. The largest absolute Gasteiger partial charge is 0.285 e. The van der Waals surface area contributed by atoms with Gasteiger partial charge in [-0.2, -0.15) is 13.5 Å². The Labute approximate surface area is 155 Å². The van der Waals surface area contributed by atoms with Crippen LogP contribution in [-0.4, -0.2) is 32.6 Å². The van der Waals surface area contributed by atoms with Gasteiger partial charge < -0.3 is 0 Å². The molecule has 3 heterocycles. The second-order valence-electron chi connectivity index (χ2n) is 5.21. The molecule has 0 spiro atoms. The summed E-state index contributed by atoms with van der Waals surface area (Å²) < 4.78 is 27.6. The first-order valence-corrected chi connectivity index (χ1v) is 10.2. The fraction of sp³-hybridized carbons (Fsp3) is 0.0667. The summed E-state index contributed by atoms with van der Waals surface area (Å²) in [5, 5.41) is 6.64. The summed E-state index contributed by atoms with van der Waals surface area (Å²) in [7, 11) is -3.89. The Kier molecular flexibility index (Phi) is 3.89. The molecule has 0 aliphatic carbocycles. The van der Waals surface area contributed by atoms with Crippen molar-refractivity contribution in [2.24, 2.45) is 0 Å². The van der Waals surface area contributed by atoms with Gasteiger partial charge in [-0.1, -0.05) is 17.7 Å². The number of thiazole rings is 1. The van der Waals surface area contributed by atoms with E-state index in [1.807, 2.05) is 6.92 Å². The van der Waals surface area contributed by atoms with E-state index in [1.54, 1.807) is 29.6 Å². The number of rotatable bonds is 3.